The van der Waals surface area contributed by atoms with Gasteiger partial charge in [-0.05, 0) is 26.7 Å². The normalized spacial score (nSPS) is 13.2. The van der Waals surface area contributed by atoms with Crippen molar-refractivity contribution in [1.82, 2.24) is 0 Å². The maximum absolute atomic E-state index is 2.18. The van der Waals surface area contributed by atoms with Gasteiger partial charge in [-0.3, -0.25) is 0 Å². The van der Waals surface area contributed by atoms with Gasteiger partial charge in [0.25, 0.3) is 0 Å². The quantitative estimate of drug-likeness (QED) is 0.325. The molecule has 0 aromatic carbocycles. The van der Waals surface area contributed by atoms with Crippen molar-refractivity contribution in [2.45, 2.75) is 26.7 Å². The Kier molecular flexibility index (Phi) is 9.10. The lowest BCUT2D eigenvalue weighted by Crippen LogP contribution is -1.62. The minimum atomic E-state index is 1.13. The van der Waals surface area contributed by atoms with Crippen LogP contribution in [0.25, 0.3) is 0 Å². The van der Waals surface area contributed by atoms with Crippen LogP contribution in [0.1, 0.15) is 26.7 Å². The summed E-state index contributed by atoms with van der Waals surface area (Å²) in [4.78, 5) is 0. The van der Waals surface area contributed by atoms with Crippen LogP contribution >= 0.6 is 0 Å². The lowest BCUT2D eigenvalue weighted by atomic mass is 10.2. The van der Waals surface area contributed by atoms with Gasteiger partial charge in [-0.15, -0.1) is 0 Å². The van der Waals surface area contributed by atoms with Crippen molar-refractivity contribution in [2.75, 3.05) is 0 Å². The van der Waals surface area contributed by atoms with Gasteiger partial charge in [0.2, 0.25) is 0 Å². The molecule has 0 nitrogen and oxygen atoms in total. The molecule has 0 aliphatic heterocycles. The first-order valence-electron chi connectivity index (χ1n) is 4.47. The summed E-state index contributed by atoms with van der Waals surface area (Å²) in [6, 6.07) is 0. The highest BCUT2D eigenvalue weighted by atomic mass is 13.8. The summed E-state index contributed by atoms with van der Waals surface area (Å²) >= 11 is 0. The molecule has 0 atom stereocenters. The lowest BCUT2D eigenvalue weighted by molar-refractivity contribution is 1.05. The van der Waals surface area contributed by atoms with Crippen molar-refractivity contribution >= 4 is 0 Å². The van der Waals surface area contributed by atoms with Gasteiger partial charge in [0, 0.05) is 0 Å². The van der Waals surface area contributed by atoms with Gasteiger partial charge >= 0.3 is 0 Å². The molecule has 0 aliphatic rings. The second-order valence-electron chi connectivity index (χ2n) is 2.49. The fourth-order valence-corrected chi connectivity index (χ4v) is 0.773. The second kappa shape index (κ2) is 9.96. The molecule has 0 heteroatoms. The predicted octanol–water partition coefficient (Wildman–Crippen LogP) is 4.03. The van der Waals surface area contributed by atoms with Gasteiger partial charge in [0.05, 0.1) is 0 Å². The number of unbranched alkanes of at least 4 members (excludes halogenated alkanes) is 1. The first kappa shape index (κ1) is 11.0. The fraction of sp³-hybridized carbons (Fsp3) is 0.333. The largest absolute Gasteiger partial charge is 0.0917 e. The van der Waals surface area contributed by atoms with E-state index in [1.165, 1.54) is 0 Å². The maximum atomic E-state index is 2.18. The molecule has 0 N–H and O–H groups in total. The van der Waals surface area contributed by atoms with Crippen molar-refractivity contribution in [2.24, 2.45) is 0 Å². The van der Waals surface area contributed by atoms with Crippen molar-refractivity contribution in [3.05, 3.63) is 48.6 Å². The molecule has 0 heterocycles. The Balaban J connectivity index is 3.36. The summed E-state index contributed by atoms with van der Waals surface area (Å²) in [5.41, 5.74) is 0. The van der Waals surface area contributed by atoms with E-state index in [9.17, 15) is 0 Å². The smallest absolute Gasteiger partial charge is 0.0313 e. The molecule has 0 aromatic rings. The van der Waals surface area contributed by atoms with Crippen molar-refractivity contribution < 1.29 is 0 Å². The van der Waals surface area contributed by atoms with E-state index in [0.717, 1.165) is 12.8 Å². The summed E-state index contributed by atoms with van der Waals surface area (Å²) in [7, 11) is 0. The van der Waals surface area contributed by atoms with Crippen LogP contribution in [0, 0.1) is 0 Å². The Bertz CT molecular complexity index is 180. The summed E-state index contributed by atoms with van der Waals surface area (Å²) in [5, 5.41) is 0. The van der Waals surface area contributed by atoms with E-state index in [0.29, 0.717) is 0 Å². The zero-order valence-electron chi connectivity index (χ0n) is 8.03. The first-order chi connectivity index (χ1) is 5.91. The third-order valence-corrected chi connectivity index (χ3v) is 1.40. The van der Waals surface area contributed by atoms with Crippen LogP contribution in [0.15, 0.2) is 48.6 Å². The highest BCUT2D eigenvalue weighted by Crippen LogP contribution is 1.92. The van der Waals surface area contributed by atoms with Gasteiger partial charge in [-0.2, -0.15) is 0 Å². The molecule has 0 saturated heterocycles. The molecular weight excluding hydrogens is 144 g/mol. The third kappa shape index (κ3) is 8.96. The van der Waals surface area contributed by atoms with Gasteiger partial charge in [0.1, 0.15) is 0 Å². The van der Waals surface area contributed by atoms with E-state index in [2.05, 4.69) is 37.3 Å². The van der Waals surface area contributed by atoms with Crippen LogP contribution in [-0.4, -0.2) is 0 Å². The van der Waals surface area contributed by atoms with Crippen LogP contribution in [0.5, 0.6) is 0 Å². The molecule has 0 aliphatic carbocycles. The Morgan fingerprint density at radius 2 is 1.33 bits per heavy atom. The zero-order chi connectivity index (χ0) is 9.07. The van der Waals surface area contributed by atoms with Gasteiger partial charge in [0.15, 0.2) is 0 Å². The highest BCUT2D eigenvalue weighted by molar-refractivity contribution is 5.10. The Morgan fingerprint density at radius 1 is 0.667 bits per heavy atom. The van der Waals surface area contributed by atoms with Crippen molar-refractivity contribution in [1.29, 1.82) is 0 Å². The highest BCUT2D eigenvalue weighted by Gasteiger charge is 1.72. The number of allylic oxidation sites excluding steroid dienone is 8. The van der Waals surface area contributed by atoms with E-state index < -0.39 is 0 Å². The SMILES string of the molecule is CC=CC=CC=CCCC=CC. The molecule has 0 unspecified atom stereocenters. The van der Waals surface area contributed by atoms with Gasteiger partial charge in [-0.1, -0.05) is 48.6 Å². The predicted molar refractivity (Wildman–Crippen MR) is 57.1 cm³/mol. The Hall–Kier alpha value is -1.04. The van der Waals surface area contributed by atoms with E-state index in [1.807, 2.05) is 25.2 Å². The number of hydrogen-bond acceptors (Lipinski definition) is 0. The molecular formula is C12H18. The first-order valence-corrected chi connectivity index (χ1v) is 4.47. The summed E-state index contributed by atoms with van der Waals surface area (Å²) in [6.45, 7) is 4.07. The molecule has 0 spiro atoms. The molecule has 0 amide bonds. The third-order valence-electron chi connectivity index (χ3n) is 1.40. The molecule has 0 radical (unpaired) electrons. The van der Waals surface area contributed by atoms with Crippen LogP contribution in [0.3, 0.4) is 0 Å². The second-order valence-corrected chi connectivity index (χ2v) is 2.49. The maximum Gasteiger partial charge on any atom is -0.0313 e. The van der Waals surface area contributed by atoms with Gasteiger partial charge < -0.3 is 0 Å². The average Bonchev–Trinajstić information content (AvgIpc) is 2.10. The monoisotopic (exact) mass is 162 g/mol. The number of rotatable bonds is 5. The van der Waals surface area contributed by atoms with Crippen LogP contribution in [0.4, 0.5) is 0 Å². The molecule has 0 fully saturated rings. The van der Waals surface area contributed by atoms with E-state index in [1.54, 1.807) is 0 Å². The Morgan fingerprint density at radius 3 is 2.00 bits per heavy atom. The van der Waals surface area contributed by atoms with E-state index in [4.69, 9.17) is 0 Å². The average molecular weight is 162 g/mol. The zero-order valence-corrected chi connectivity index (χ0v) is 8.03. The van der Waals surface area contributed by atoms with E-state index in [-0.39, 0.29) is 0 Å². The van der Waals surface area contributed by atoms with Crippen LogP contribution < -0.4 is 0 Å². The minimum absolute atomic E-state index is 1.13. The van der Waals surface area contributed by atoms with E-state index >= 15 is 0 Å². The summed E-state index contributed by atoms with van der Waals surface area (Å²) < 4.78 is 0. The molecule has 12 heavy (non-hydrogen) atoms. The van der Waals surface area contributed by atoms with Crippen LogP contribution in [-0.2, 0) is 0 Å². The molecule has 66 valence electrons. The standard InChI is InChI=1S/C12H18/c1-3-5-7-9-11-12-10-8-6-4-2/h3-7,9,11-12H,8,10H2,1-2H3. The fourth-order valence-electron chi connectivity index (χ4n) is 0.773. The van der Waals surface area contributed by atoms with Crippen LogP contribution in [0.2, 0.25) is 0 Å². The van der Waals surface area contributed by atoms with Crippen molar-refractivity contribution in [3.63, 3.8) is 0 Å². The molecule has 0 aromatic heterocycles. The molecule has 0 saturated carbocycles. The summed E-state index contributed by atoms with van der Waals surface area (Å²) in [5.74, 6) is 0. The molecule has 0 bridgehead atoms. The Labute approximate surface area is 76.0 Å². The van der Waals surface area contributed by atoms with Gasteiger partial charge in [-0.25, -0.2) is 0 Å². The molecule has 0 rings (SSSR count). The minimum Gasteiger partial charge on any atom is -0.0917 e. The topological polar surface area (TPSA) is 0 Å². The summed E-state index contributed by atoms with van der Waals surface area (Å²) in [6.07, 6.45) is 18.9. The van der Waals surface area contributed by atoms with Crippen molar-refractivity contribution in [3.8, 4) is 0 Å². The lowest BCUT2D eigenvalue weighted by Gasteiger charge is -1.82. The number of hydrogen-bond donors (Lipinski definition) is 0.